The largest absolute Gasteiger partial charge is 0.291 e. The molecule has 0 bridgehead atoms. The Hall–Kier alpha value is -3.15. The first-order valence-corrected chi connectivity index (χ1v) is 10.4. The molecule has 0 atom stereocenters. The molecule has 4 aromatic rings. The summed E-state index contributed by atoms with van der Waals surface area (Å²) in [7, 11) is -3.79. The van der Waals surface area contributed by atoms with E-state index in [1.807, 2.05) is 24.3 Å². The van der Waals surface area contributed by atoms with Gasteiger partial charge in [-0.2, -0.15) is 0 Å². The summed E-state index contributed by atoms with van der Waals surface area (Å²) in [5, 5.41) is 13.8. The third-order valence-corrected chi connectivity index (χ3v) is 5.85. The molecular formula is C17H14N6O3S2. The fraction of sp³-hybridized carbons (Fsp3) is 0.0588. The van der Waals surface area contributed by atoms with Crippen molar-refractivity contribution >= 4 is 43.0 Å². The minimum absolute atomic E-state index is 0.0139. The predicted molar refractivity (Wildman–Crippen MR) is 105 cm³/mol. The molecule has 0 aliphatic heterocycles. The molecule has 142 valence electrons. The lowest BCUT2D eigenvalue weighted by molar-refractivity contribution is 0.100. The molecule has 0 saturated carbocycles. The van der Waals surface area contributed by atoms with Crippen LogP contribution in [0.5, 0.6) is 0 Å². The number of anilines is 1. The lowest BCUT2D eigenvalue weighted by Crippen LogP contribution is -2.17. The van der Waals surface area contributed by atoms with E-state index in [0.29, 0.717) is 16.5 Å². The number of nitrogens with two attached hydrogens (primary N) is 1. The van der Waals surface area contributed by atoms with E-state index in [-0.39, 0.29) is 16.5 Å². The number of sulfonamides is 1. The minimum atomic E-state index is -3.79. The summed E-state index contributed by atoms with van der Waals surface area (Å²) in [6.07, 6.45) is 0. The summed E-state index contributed by atoms with van der Waals surface area (Å²) in [4.78, 5) is 16.5. The maximum Gasteiger partial charge on any atom is 0.238 e. The lowest BCUT2D eigenvalue weighted by atomic mass is 10.3. The van der Waals surface area contributed by atoms with E-state index in [9.17, 15) is 13.2 Å². The molecule has 0 amide bonds. The molecule has 3 N–H and O–H groups in total. The second kappa shape index (κ2) is 6.78. The van der Waals surface area contributed by atoms with Crippen LogP contribution in [-0.2, 0) is 10.0 Å². The number of fused-ring (bicyclic) bond motifs is 1. The normalized spacial score (nSPS) is 11.6. The van der Waals surface area contributed by atoms with E-state index in [1.165, 1.54) is 47.2 Å². The van der Waals surface area contributed by atoms with Crippen LogP contribution in [-0.4, -0.2) is 34.1 Å². The third kappa shape index (κ3) is 3.38. The van der Waals surface area contributed by atoms with E-state index >= 15 is 0 Å². The van der Waals surface area contributed by atoms with Crippen LogP contribution >= 0.6 is 11.3 Å². The van der Waals surface area contributed by atoms with Crippen molar-refractivity contribution in [1.29, 1.82) is 0 Å². The number of para-hydroxylation sites is 1. The standard InChI is InChI=1S/C17H14N6O3S2/c1-10(24)15-20-21-16(17-19-13-4-2-3-5-14(13)27-17)23(15)22-11-6-8-12(9-7-11)28(18,25)26/h2-9,22H,1H3,(H2,18,25,26). The van der Waals surface area contributed by atoms with Crippen LogP contribution in [0.15, 0.2) is 53.4 Å². The van der Waals surface area contributed by atoms with Crippen LogP contribution < -0.4 is 10.6 Å². The molecule has 11 heteroatoms. The molecule has 0 spiro atoms. The molecule has 0 saturated heterocycles. The summed E-state index contributed by atoms with van der Waals surface area (Å²) < 4.78 is 25.2. The van der Waals surface area contributed by atoms with Crippen molar-refractivity contribution < 1.29 is 13.2 Å². The van der Waals surface area contributed by atoms with Gasteiger partial charge < -0.3 is 0 Å². The molecule has 2 heterocycles. The van der Waals surface area contributed by atoms with Gasteiger partial charge in [-0.05, 0) is 36.4 Å². The van der Waals surface area contributed by atoms with E-state index in [0.717, 1.165) is 10.2 Å². The number of primary sulfonamides is 1. The van der Waals surface area contributed by atoms with Gasteiger partial charge in [0.15, 0.2) is 10.8 Å². The Labute approximate surface area is 163 Å². The highest BCUT2D eigenvalue weighted by molar-refractivity contribution is 7.89. The number of carbonyl (C=O) groups excluding carboxylic acids is 1. The Morgan fingerprint density at radius 1 is 1.11 bits per heavy atom. The monoisotopic (exact) mass is 414 g/mol. The lowest BCUT2D eigenvalue weighted by Gasteiger charge is -2.11. The Balaban J connectivity index is 1.77. The van der Waals surface area contributed by atoms with Crippen LogP contribution in [0.1, 0.15) is 17.5 Å². The van der Waals surface area contributed by atoms with Gasteiger partial charge in [-0.25, -0.2) is 23.2 Å². The molecule has 0 fully saturated rings. The van der Waals surface area contributed by atoms with Crippen molar-refractivity contribution in [2.75, 3.05) is 5.43 Å². The summed E-state index contributed by atoms with van der Waals surface area (Å²) in [6.45, 7) is 1.38. The van der Waals surface area contributed by atoms with Gasteiger partial charge in [0.2, 0.25) is 21.7 Å². The number of benzene rings is 2. The van der Waals surface area contributed by atoms with Crippen LogP contribution in [0.25, 0.3) is 21.0 Å². The van der Waals surface area contributed by atoms with Gasteiger partial charge in [-0.3, -0.25) is 10.2 Å². The molecule has 0 unspecified atom stereocenters. The highest BCUT2D eigenvalue weighted by Gasteiger charge is 2.20. The number of rotatable bonds is 5. The Morgan fingerprint density at radius 3 is 2.46 bits per heavy atom. The summed E-state index contributed by atoms with van der Waals surface area (Å²) in [5.41, 5.74) is 4.37. The first kappa shape index (κ1) is 18.2. The van der Waals surface area contributed by atoms with Crippen molar-refractivity contribution in [2.24, 2.45) is 5.14 Å². The van der Waals surface area contributed by atoms with Gasteiger partial charge in [-0.1, -0.05) is 12.1 Å². The number of hydrogen-bond donors (Lipinski definition) is 2. The predicted octanol–water partition coefficient (Wildman–Crippen LogP) is 2.28. The molecule has 0 aliphatic rings. The number of ketones is 1. The molecular weight excluding hydrogens is 400 g/mol. The van der Waals surface area contributed by atoms with Crippen LogP contribution in [0.3, 0.4) is 0 Å². The molecule has 28 heavy (non-hydrogen) atoms. The Morgan fingerprint density at radius 2 is 1.82 bits per heavy atom. The van der Waals surface area contributed by atoms with Gasteiger partial charge in [0.1, 0.15) is 0 Å². The maximum atomic E-state index is 12.0. The van der Waals surface area contributed by atoms with Gasteiger partial charge in [0.25, 0.3) is 0 Å². The van der Waals surface area contributed by atoms with Crippen molar-refractivity contribution in [3.63, 3.8) is 0 Å². The summed E-state index contributed by atoms with van der Waals surface area (Å²) >= 11 is 1.42. The second-order valence-corrected chi connectivity index (χ2v) is 8.50. The molecule has 2 aromatic heterocycles. The zero-order valence-electron chi connectivity index (χ0n) is 14.5. The molecule has 4 rings (SSSR count). The number of nitrogens with one attached hydrogen (secondary N) is 1. The zero-order valence-corrected chi connectivity index (χ0v) is 16.2. The fourth-order valence-electron chi connectivity index (χ4n) is 2.57. The minimum Gasteiger partial charge on any atom is -0.291 e. The quantitative estimate of drug-likeness (QED) is 0.479. The van der Waals surface area contributed by atoms with E-state index in [2.05, 4.69) is 20.6 Å². The average molecular weight is 414 g/mol. The van der Waals surface area contributed by atoms with E-state index in [1.54, 1.807) is 0 Å². The second-order valence-electron chi connectivity index (χ2n) is 5.91. The molecule has 0 radical (unpaired) electrons. The van der Waals surface area contributed by atoms with Gasteiger partial charge >= 0.3 is 0 Å². The summed E-state index contributed by atoms with van der Waals surface area (Å²) in [5.74, 6) is 0.195. The van der Waals surface area contributed by atoms with Gasteiger partial charge in [-0.15, -0.1) is 21.5 Å². The molecule has 9 nitrogen and oxygen atoms in total. The van der Waals surface area contributed by atoms with Crippen molar-refractivity contribution in [2.45, 2.75) is 11.8 Å². The maximum absolute atomic E-state index is 12.0. The van der Waals surface area contributed by atoms with Crippen LogP contribution in [0, 0.1) is 0 Å². The number of carbonyl (C=O) groups is 1. The highest BCUT2D eigenvalue weighted by atomic mass is 32.2. The molecule has 2 aromatic carbocycles. The average Bonchev–Trinajstić information content (AvgIpc) is 3.25. The molecule has 0 aliphatic carbocycles. The van der Waals surface area contributed by atoms with Crippen molar-refractivity contribution in [3.8, 4) is 10.8 Å². The smallest absolute Gasteiger partial charge is 0.238 e. The number of aromatic nitrogens is 4. The number of hydrogen-bond acceptors (Lipinski definition) is 8. The summed E-state index contributed by atoms with van der Waals surface area (Å²) in [6, 6.07) is 13.4. The van der Waals surface area contributed by atoms with Crippen LogP contribution in [0.2, 0.25) is 0 Å². The van der Waals surface area contributed by atoms with Crippen molar-refractivity contribution in [3.05, 3.63) is 54.4 Å². The number of nitrogens with zero attached hydrogens (tertiary/aromatic N) is 4. The first-order valence-electron chi connectivity index (χ1n) is 8.05. The van der Waals surface area contributed by atoms with E-state index in [4.69, 9.17) is 5.14 Å². The number of Topliss-reactive ketones (excluding diaryl/α,β-unsaturated/α-hetero) is 1. The van der Waals surface area contributed by atoms with E-state index < -0.39 is 10.0 Å². The number of thiazole rings is 1. The van der Waals surface area contributed by atoms with Gasteiger partial charge in [0, 0.05) is 6.92 Å². The zero-order chi connectivity index (χ0) is 19.9. The highest BCUT2D eigenvalue weighted by Crippen LogP contribution is 2.29. The van der Waals surface area contributed by atoms with Crippen molar-refractivity contribution in [1.82, 2.24) is 19.9 Å². The Kier molecular flexibility index (Phi) is 4.41. The van der Waals surface area contributed by atoms with Crippen LogP contribution in [0.4, 0.5) is 5.69 Å². The topological polar surface area (TPSA) is 133 Å². The fourth-order valence-corrected chi connectivity index (χ4v) is 4.03. The van der Waals surface area contributed by atoms with Gasteiger partial charge in [0.05, 0.1) is 20.8 Å². The SMILES string of the molecule is CC(=O)c1nnc(-c2nc3ccccc3s2)n1Nc1ccc(S(N)(=O)=O)cc1. The third-order valence-electron chi connectivity index (χ3n) is 3.89. The Bertz CT molecular complexity index is 1260. The first-order chi connectivity index (χ1) is 13.3.